The van der Waals surface area contributed by atoms with Gasteiger partial charge in [-0.1, -0.05) is 49.2 Å². The molecule has 1 aromatic rings. The summed E-state index contributed by atoms with van der Waals surface area (Å²) in [7, 11) is 0. The van der Waals surface area contributed by atoms with Gasteiger partial charge < -0.3 is 15.3 Å². The molecule has 0 saturated heterocycles. The predicted molar refractivity (Wildman–Crippen MR) is 86.7 cm³/mol. The summed E-state index contributed by atoms with van der Waals surface area (Å²) >= 11 is 12.4. The first kappa shape index (κ1) is 17.7. The average Bonchev–Trinajstić information content (AvgIpc) is 2.45. The van der Waals surface area contributed by atoms with Gasteiger partial charge in [-0.05, 0) is 31.1 Å². The highest BCUT2D eigenvalue weighted by atomic mass is 35.5. The van der Waals surface area contributed by atoms with Crippen molar-refractivity contribution >= 4 is 23.2 Å². The highest BCUT2D eigenvalue weighted by Crippen LogP contribution is 2.31. The quantitative estimate of drug-likeness (QED) is 0.733. The Labute approximate surface area is 131 Å². The number of rotatable bonds is 9. The summed E-state index contributed by atoms with van der Waals surface area (Å²) in [5, 5.41) is 13.7. The Morgan fingerprint density at radius 3 is 2.60 bits per heavy atom. The van der Waals surface area contributed by atoms with Crippen molar-refractivity contribution in [3.8, 4) is 0 Å². The molecule has 0 aliphatic rings. The molecule has 0 aliphatic heterocycles. The van der Waals surface area contributed by atoms with E-state index in [0.717, 1.165) is 31.6 Å². The molecule has 114 valence electrons. The maximum Gasteiger partial charge on any atom is 0.0640 e. The van der Waals surface area contributed by atoms with E-state index in [4.69, 9.17) is 28.3 Å². The molecule has 1 rings (SSSR count). The molecule has 20 heavy (non-hydrogen) atoms. The lowest BCUT2D eigenvalue weighted by Gasteiger charge is -2.25. The van der Waals surface area contributed by atoms with Crippen molar-refractivity contribution in [2.24, 2.45) is 0 Å². The third-order valence-corrected chi connectivity index (χ3v) is 4.24. The Morgan fingerprint density at radius 2 is 2.00 bits per heavy atom. The number of benzene rings is 1. The molecule has 0 heterocycles. The van der Waals surface area contributed by atoms with Crippen LogP contribution in [0.25, 0.3) is 0 Å². The van der Waals surface area contributed by atoms with Crippen LogP contribution in [0.2, 0.25) is 10.0 Å². The Balaban J connectivity index is 2.75. The first-order valence-electron chi connectivity index (χ1n) is 7.14. The smallest absolute Gasteiger partial charge is 0.0640 e. The molecule has 0 bridgehead atoms. The van der Waals surface area contributed by atoms with E-state index in [1.54, 1.807) is 6.07 Å². The Morgan fingerprint density at radius 1 is 1.25 bits per heavy atom. The molecular formula is C15H24Cl2N2O. The fraction of sp³-hybridized carbons (Fsp3) is 0.600. The van der Waals surface area contributed by atoms with Gasteiger partial charge in [-0.2, -0.15) is 0 Å². The number of hydrogen-bond donors (Lipinski definition) is 2. The molecule has 0 aromatic heterocycles. The largest absolute Gasteiger partial charge is 0.395 e. The van der Waals surface area contributed by atoms with E-state index in [1.807, 2.05) is 12.1 Å². The van der Waals surface area contributed by atoms with Crippen LogP contribution in [-0.4, -0.2) is 42.8 Å². The van der Waals surface area contributed by atoms with Crippen LogP contribution in [0.4, 0.5) is 0 Å². The molecule has 1 unspecified atom stereocenters. The second-order valence-electron chi connectivity index (χ2n) is 4.70. The second kappa shape index (κ2) is 9.59. The molecule has 1 atom stereocenters. The third-order valence-electron chi connectivity index (χ3n) is 3.40. The first-order valence-corrected chi connectivity index (χ1v) is 7.90. The normalized spacial score (nSPS) is 12.9. The van der Waals surface area contributed by atoms with Gasteiger partial charge in [0.15, 0.2) is 0 Å². The fourth-order valence-corrected chi connectivity index (χ4v) is 2.72. The van der Waals surface area contributed by atoms with E-state index in [0.29, 0.717) is 16.6 Å². The van der Waals surface area contributed by atoms with E-state index in [-0.39, 0.29) is 12.6 Å². The zero-order valence-corrected chi connectivity index (χ0v) is 13.7. The highest BCUT2D eigenvalue weighted by Gasteiger charge is 2.16. The summed E-state index contributed by atoms with van der Waals surface area (Å²) in [6, 6.07) is 5.93. The summed E-state index contributed by atoms with van der Waals surface area (Å²) in [4.78, 5) is 2.22. The molecule has 3 nitrogen and oxygen atoms in total. The van der Waals surface area contributed by atoms with Crippen LogP contribution in [0.3, 0.4) is 0 Å². The van der Waals surface area contributed by atoms with Crippen LogP contribution in [0.5, 0.6) is 0 Å². The summed E-state index contributed by atoms with van der Waals surface area (Å²) in [5.74, 6) is 0. The Bertz CT molecular complexity index is 401. The topological polar surface area (TPSA) is 35.5 Å². The van der Waals surface area contributed by atoms with Crippen molar-refractivity contribution in [1.29, 1.82) is 0 Å². The third kappa shape index (κ3) is 5.23. The molecule has 1 aromatic carbocycles. The number of halogens is 2. The van der Waals surface area contributed by atoms with Crippen LogP contribution in [0, 0.1) is 0 Å². The van der Waals surface area contributed by atoms with Crippen LogP contribution >= 0.6 is 23.2 Å². The molecular weight excluding hydrogens is 295 g/mol. The molecule has 2 N–H and O–H groups in total. The van der Waals surface area contributed by atoms with Gasteiger partial charge in [0.05, 0.1) is 16.7 Å². The van der Waals surface area contributed by atoms with Gasteiger partial charge >= 0.3 is 0 Å². The van der Waals surface area contributed by atoms with E-state index in [1.165, 1.54) is 0 Å². The van der Waals surface area contributed by atoms with Crippen molar-refractivity contribution in [2.45, 2.75) is 26.3 Å². The summed E-state index contributed by atoms with van der Waals surface area (Å²) in [6.45, 7) is 7.80. The standard InChI is InChI=1S/C15H24Cl2N2O/c1-3-18-14(8-9-19(4-2)10-11-20)12-6-5-7-13(16)15(12)17/h5-7,14,18,20H,3-4,8-11H2,1-2H3. The van der Waals surface area contributed by atoms with Crippen molar-refractivity contribution in [1.82, 2.24) is 10.2 Å². The number of hydrogen-bond acceptors (Lipinski definition) is 3. The maximum absolute atomic E-state index is 9.04. The lowest BCUT2D eigenvalue weighted by atomic mass is 10.0. The van der Waals surface area contributed by atoms with Crippen molar-refractivity contribution in [3.63, 3.8) is 0 Å². The van der Waals surface area contributed by atoms with E-state index < -0.39 is 0 Å². The maximum atomic E-state index is 9.04. The van der Waals surface area contributed by atoms with Gasteiger partial charge in [-0.15, -0.1) is 0 Å². The van der Waals surface area contributed by atoms with E-state index in [9.17, 15) is 0 Å². The van der Waals surface area contributed by atoms with Gasteiger partial charge in [-0.3, -0.25) is 0 Å². The second-order valence-corrected chi connectivity index (χ2v) is 5.49. The molecule has 0 amide bonds. The monoisotopic (exact) mass is 318 g/mol. The number of aliphatic hydroxyl groups is 1. The van der Waals surface area contributed by atoms with E-state index in [2.05, 4.69) is 24.1 Å². The molecule has 5 heteroatoms. The molecule has 0 saturated carbocycles. The van der Waals surface area contributed by atoms with Gasteiger partial charge in [0, 0.05) is 19.1 Å². The average molecular weight is 319 g/mol. The van der Waals surface area contributed by atoms with Crippen molar-refractivity contribution in [2.75, 3.05) is 32.8 Å². The van der Waals surface area contributed by atoms with Crippen LogP contribution in [-0.2, 0) is 0 Å². The Kier molecular flexibility index (Phi) is 8.50. The van der Waals surface area contributed by atoms with Crippen LogP contribution < -0.4 is 5.32 Å². The van der Waals surface area contributed by atoms with Gasteiger partial charge in [0.1, 0.15) is 0 Å². The number of nitrogens with zero attached hydrogens (tertiary/aromatic N) is 1. The van der Waals surface area contributed by atoms with Crippen molar-refractivity contribution in [3.05, 3.63) is 33.8 Å². The first-order chi connectivity index (χ1) is 9.63. The molecule has 0 aliphatic carbocycles. The predicted octanol–water partition coefficient (Wildman–Crippen LogP) is 3.35. The van der Waals surface area contributed by atoms with Crippen molar-refractivity contribution < 1.29 is 5.11 Å². The minimum Gasteiger partial charge on any atom is -0.395 e. The van der Waals surface area contributed by atoms with Gasteiger partial charge in [0.2, 0.25) is 0 Å². The molecule has 0 spiro atoms. The summed E-state index contributed by atoms with van der Waals surface area (Å²) in [6.07, 6.45) is 0.932. The molecule has 0 radical (unpaired) electrons. The lowest BCUT2D eigenvalue weighted by Crippen LogP contribution is -2.31. The summed E-state index contributed by atoms with van der Waals surface area (Å²) < 4.78 is 0. The zero-order chi connectivity index (χ0) is 15.0. The minimum absolute atomic E-state index is 0.180. The zero-order valence-electron chi connectivity index (χ0n) is 12.2. The molecule has 0 fully saturated rings. The SMILES string of the molecule is CCNC(CCN(CC)CCO)c1cccc(Cl)c1Cl. The number of likely N-dealkylation sites (N-methyl/N-ethyl adjacent to an activating group) is 1. The number of nitrogens with one attached hydrogen (secondary N) is 1. The summed E-state index contributed by atoms with van der Waals surface area (Å²) in [5.41, 5.74) is 1.04. The highest BCUT2D eigenvalue weighted by molar-refractivity contribution is 6.42. The van der Waals surface area contributed by atoms with E-state index >= 15 is 0 Å². The van der Waals surface area contributed by atoms with Crippen LogP contribution in [0.15, 0.2) is 18.2 Å². The van der Waals surface area contributed by atoms with Gasteiger partial charge in [-0.25, -0.2) is 0 Å². The minimum atomic E-state index is 0.180. The lowest BCUT2D eigenvalue weighted by molar-refractivity contribution is 0.195. The Hall–Kier alpha value is -0.320. The van der Waals surface area contributed by atoms with Crippen LogP contribution in [0.1, 0.15) is 31.9 Å². The van der Waals surface area contributed by atoms with Gasteiger partial charge in [0.25, 0.3) is 0 Å². The number of aliphatic hydroxyl groups excluding tert-OH is 1. The fourth-order valence-electron chi connectivity index (χ4n) is 2.28.